The van der Waals surface area contributed by atoms with Crippen molar-refractivity contribution in [1.82, 2.24) is 0 Å². The van der Waals surface area contributed by atoms with Crippen LogP contribution in [0.2, 0.25) is 30.1 Å². The van der Waals surface area contributed by atoms with Gasteiger partial charge >= 0.3 is 6.72 Å². The first-order chi connectivity index (χ1) is 12.1. The molecule has 0 amide bonds. The molecule has 0 saturated heterocycles. The molecule has 0 aliphatic heterocycles. The Labute approximate surface area is 186 Å². The summed E-state index contributed by atoms with van der Waals surface area (Å²) in [6.45, 7) is -1.13. The summed E-state index contributed by atoms with van der Waals surface area (Å²) in [7, 11) is 0. The highest BCUT2D eigenvalue weighted by molar-refractivity contribution is 8.07. The van der Waals surface area contributed by atoms with Gasteiger partial charge in [0.05, 0.1) is 36.7 Å². The van der Waals surface area contributed by atoms with Gasteiger partial charge in [0, 0.05) is 23.9 Å². The van der Waals surface area contributed by atoms with Gasteiger partial charge in [0.2, 0.25) is 0 Å². The van der Waals surface area contributed by atoms with Gasteiger partial charge in [-0.1, -0.05) is 76.5 Å². The van der Waals surface area contributed by atoms with Gasteiger partial charge in [-0.2, -0.15) is 0 Å². The molecule has 0 spiro atoms. The van der Waals surface area contributed by atoms with E-state index in [-0.39, 0.29) is 41.6 Å². The van der Waals surface area contributed by atoms with Crippen molar-refractivity contribution in [3.8, 4) is 11.5 Å². The molecule has 0 saturated carbocycles. The van der Waals surface area contributed by atoms with Crippen LogP contribution in [0.15, 0.2) is 24.3 Å². The van der Waals surface area contributed by atoms with Crippen LogP contribution in [0.5, 0.6) is 11.5 Å². The molecule has 0 aliphatic carbocycles. The minimum atomic E-state index is -3.34. The lowest BCUT2D eigenvalue weighted by atomic mass is 10.3. The standard InChI is InChI=1S/C15H11Cl6O3PS/c1-2-3-22-25(26,23-14-6-10(18)8(16)4-12(14)20)24-15-7-11(19)9(17)5-13(15)21/h4-7H,2-3H2,1H3. The van der Waals surface area contributed by atoms with Crippen molar-refractivity contribution < 1.29 is 13.6 Å². The smallest absolute Gasteiger partial charge is 0.414 e. The predicted octanol–water partition coefficient (Wildman–Crippen LogP) is 8.72. The van der Waals surface area contributed by atoms with Crippen molar-refractivity contribution in [1.29, 1.82) is 0 Å². The van der Waals surface area contributed by atoms with Gasteiger partial charge in [-0.25, -0.2) is 0 Å². The maximum atomic E-state index is 6.15. The van der Waals surface area contributed by atoms with Crippen LogP contribution in [0.3, 0.4) is 0 Å². The second-order valence-electron chi connectivity index (χ2n) is 4.86. The molecule has 0 aromatic heterocycles. The van der Waals surface area contributed by atoms with Crippen LogP contribution in [-0.4, -0.2) is 6.61 Å². The summed E-state index contributed by atoms with van der Waals surface area (Å²) in [5.41, 5.74) is 0. The van der Waals surface area contributed by atoms with Crippen molar-refractivity contribution in [3.63, 3.8) is 0 Å². The second kappa shape index (κ2) is 9.73. The molecule has 0 fully saturated rings. The number of halogens is 6. The Morgan fingerprint density at radius 2 is 1.12 bits per heavy atom. The Bertz CT molecular complexity index is 800. The first kappa shape index (κ1) is 22.7. The van der Waals surface area contributed by atoms with E-state index < -0.39 is 6.72 Å². The molecule has 0 unspecified atom stereocenters. The molecule has 0 radical (unpaired) electrons. The monoisotopic (exact) mass is 512 g/mol. The SMILES string of the molecule is CCCOP(=S)(Oc1cc(Cl)c(Cl)cc1Cl)Oc1cc(Cl)c(Cl)cc1Cl. The number of hydrogen-bond donors (Lipinski definition) is 0. The lowest BCUT2D eigenvalue weighted by Gasteiger charge is -2.24. The van der Waals surface area contributed by atoms with Gasteiger partial charge in [0.1, 0.15) is 11.5 Å². The summed E-state index contributed by atoms with van der Waals surface area (Å²) >= 11 is 41.7. The molecule has 0 aliphatic rings. The molecule has 0 atom stereocenters. The first-order valence-electron chi connectivity index (χ1n) is 7.08. The van der Waals surface area contributed by atoms with E-state index in [1.54, 1.807) is 0 Å². The maximum Gasteiger partial charge on any atom is 0.435 e. The minimum absolute atomic E-state index is 0.177. The highest BCUT2D eigenvalue weighted by Crippen LogP contribution is 2.54. The molecule has 0 bridgehead atoms. The van der Waals surface area contributed by atoms with Gasteiger partial charge in [-0.3, -0.25) is 4.52 Å². The Balaban J connectivity index is 2.38. The summed E-state index contributed by atoms with van der Waals surface area (Å²) in [5.74, 6) is 0.355. The van der Waals surface area contributed by atoms with Crippen molar-refractivity contribution in [3.05, 3.63) is 54.4 Å². The van der Waals surface area contributed by atoms with Gasteiger partial charge in [-0.15, -0.1) is 0 Å². The average Bonchev–Trinajstić information content (AvgIpc) is 2.56. The number of rotatable bonds is 7. The lowest BCUT2D eigenvalue weighted by Crippen LogP contribution is -2.06. The summed E-state index contributed by atoms with van der Waals surface area (Å²) in [4.78, 5) is 0. The molecule has 2 aromatic carbocycles. The van der Waals surface area contributed by atoms with Crippen LogP contribution in [0.25, 0.3) is 0 Å². The van der Waals surface area contributed by atoms with Crippen molar-refractivity contribution in [2.75, 3.05) is 6.61 Å². The van der Waals surface area contributed by atoms with E-state index >= 15 is 0 Å². The molecular weight excluding hydrogens is 504 g/mol. The van der Waals surface area contributed by atoms with E-state index in [2.05, 4.69) is 0 Å². The van der Waals surface area contributed by atoms with Crippen LogP contribution in [0, 0.1) is 0 Å². The average molecular weight is 515 g/mol. The molecular formula is C15H11Cl6O3PS. The fraction of sp³-hybridized carbons (Fsp3) is 0.200. The van der Waals surface area contributed by atoms with E-state index in [0.29, 0.717) is 13.0 Å². The molecule has 142 valence electrons. The Morgan fingerprint density at radius 1 is 0.731 bits per heavy atom. The zero-order valence-corrected chi connectivity index (χ0v) is 19.3. The fourth-order valence-corrected chi connectivity index (χ4v) is 4.96. The van der Waals surface area contributed by atoms with Crippen molar-refractivity contribution in [2.24, 2.45) is 0 Å². The van der Waals surface area contributed by atoms with Crippen LogP contribution >= 0.6 is 76.3 Å². The number of benzene rings is 2. The Morgan fingerprint density at radius 3 is 1.50 bits per heavy atom. The van der Waals surface area contributed by atoms with E-state index in [1.165, 1.54) is 24.3 Å². The highest BCUT2D eigenvalue weighted by Gasteiger charge is 2.27. The van der Waals surface area contributed by atoms with Crippen molar-refractivity contribution in [2.45, 2.75) is 13.3 Å². The zero-order chi connectivity index (χ0) is 19.5. The van der Waals surface area contributed by atoms with Gasteiger partial charge in [0.25, 0.3) is 0 Å². The van der Waals surface area contributed by atoms with Gasteiger partial charge in [0.15, 0.2) is 0 Å². The molecule has 11 heteroatoms. The Kier molecular flexibility index (Phi) is 8.49. The molecule has 0 heterocycles. The largest absolute Gasteiger partial charge is 0.435 e. The summed E-state index contributed by atoms with van der Waals surface area (Å²) < 4.78 is 17.2. The van der Waals surface area contributed by atoms with E-state index in [4.69, 9.17) is 95.0 Å². The van der Waals surface area contributed by atoms with Gasteiger partial charge < -0.3 is 9.05 Å². The zero-order valence-electron chi connectivity index (χ0n) is 13.1. The van der Waals surface area contributed by atoms with Crippen LogP contribution < -0.4 is 9.05 Å². The third-order valence-corrected chi connectivity index (χ3v) is 6.96. The highest BCUT2D eigenvalue weighted by atomic mass is 35.5. The van der Waals surface area contributed by atoms with Crippen LogP contribution in [-0.2, 0) is 16.3 Å². The summed E-state index contributed by atoms with van der Waals surface area (Å²) in [6.07, 6.45) is 0.690. The molecule has 3 nitrogen and oxygen atoms in total. The topological polar surface area (TPSA) is 27.7 Å². The second-order valence-corrected chi connectivity index (χ2v) is 10.2. The van der Waals surface area contributed by atoms with Crippen LogP contribution in [0.4, 0.5) is 0 Å². The predicted molar refractivity (Wildman–Crippen MR) is 115 cm³/mol. The summed E-state index contributed by atoms with van der Waals surface area (Å²) in [6, 6.07) is 5.74. The minimum Gasteiger partial charge on any atom is -0.414 e. The first-order valence-corrected chi connectivity index (χ1v) is 11.9. The third kappa shape index (κ3) is 5.94. The molecule has 26 heavy (non-hydrogen) atoms. The van der Waals surface area contributed by atoms with E-state index in [9.17, 15) is 0 Å². The molecule has 0 N–H and O–H groups in total. The lowest BCUT2D eigenvalue weighted by molar-refractivity contribution is 0.262. The quantitative estimate of drug-likeness (QED) is 0.273. The summed E-state index contributed by atoms with van der Waals surface area (Å²) in [5, 5.41) is 1.46. The number of hydrogen-bond acceptors (Lipinski definition) is 4. The van der Waals surface area contributed by atoms with E-state index in [0.717, 1.165) is 0 Å². The maximum absolute atomic E-state index is 6.15. The fourth-order valence-electron chi connectivity index (χ4n) is 1.66. The van der Waals surface area contributed by atoms with E-state index in [1.807, 2.05) is 6.92 Å². The molecule has 2 aromatic rings. The normalized spacial score (nSPS) is 11.5. The van der Waals surface area contributed by atoms with Crippen LogP contribution in [0.1, 0.15) is 13.3 Å². The Hall–Kier alpha value is 0.390. The molecule has 2 rings (SSSR count). The third-order valence-electron chi connectivity index (χ3n) is 2.82. The van der Waals surface area contributed by atoms with Gasteiger partial charge in [-0.05, 0) is 18.6 Å². The van der Waals surface area contributed by atoms with Crippen molar-refractivity contribution >= 4 is 88.1 Å².